The van der Waals surface area contributed by atoms with E-state index in [0.717, 1.165) is 0 Å². The van der Waals surface area contributed by atoms with Gasteiger partial charge in [0.25, 0.3) is 17.7 Å². The molecule has 3 amide bonds. The molecular formula is C27H20FN3O3. The molecule has 4 aromatic rings. The van der Waals surface area contributed by atoms with E-state index in [-0.39, 0.29) is 11.5 Å². The molecule has 0 unspecified atom stereocenters. The fourth-order valence-electron chi connectivity index (χ4n) is 3.21. The molecule has 0 aliphatic carbocycles. The van der Waals surface area contributed by atoms with Crippen molar-refractivity contribution < 1.29 is 18.8 Å². The Balaban J connectivity index is 1.43. The maximum atomic E-state index is 13.1. The second kappa shape index (κ2) is 10.2. The summed E-state index contributed by atoms with van der Waals surface area (Å²) in [7, 11) is 0. The molecule has 0 fully saturated rings. The first kappa shape index (κ1) is 22.4. The predicted octanol–water partition coefficient (Wildman–Crippen LogP) is 5.58. The lowest BCUT2D eigenvalue weighted by Crippen LogP contribution is -2.18. The van der Waals surface area contributed by atoms with Gasteiger partial charge in [-0.15, -0.1) is 0 Å². The highest BCUT2D eigenvalue weighted by Gasteiger charge is 2.15. The second-order valence-electron chi connectivity index (χ2n) is 7.36. The van der Waals surface area contributed by atoms with Crippen LogP contribution in [0, 0.1) is 5.82 Å². The molecule has 0 saturated carbocycles. The van der Waals surface area contributed by atoms with E-state index in [4.69, 9.17) is 0 Å². The van der Waals surface area contributed by atoms with E-state index in [9.17, 15) is 18.8 Å². The van der Waals surface area contributed by atoms with Gasteiger partial charge in [0.05, 0.1) is 11.3 Å². The van der Waals surface area contributed by atoms with Crippen molar-refractivity contribution in [2.24, 2.45) is 0 Å². The third-order valence-electron chi connectivity index (χ3n) is 4.96. The van der Waals surface area contributed by atoms with Crippen molar-refractivity contribution in [3.8, 4) is 0 Å². The van der Waals surface area contributed by atoms with E-state index < -0.39 is 17.6 Å². The number of rotatable bonds is 6. The zero-order valence-corrected chi connectivity index (χ0v) is 17.9. The van der Waals surface area contributed by atoms with Crippen molar-refractivity contribution in [3.05, 3.63) is 126 Å². The normalized spacial score (nSPS) is 10.3. The average Bonchev–Trinajstić information content (AvgIpc) is 2.86. The fourth-order valence-corrected chi connectivity index (χ4v) is 3.21. The number of para-hydroxylation sites is 1. The topological polar surface area (TPSA) is 87.3 Å². The molecule has 4 rings (SSSR count). The molecule has 168 valence electrons. The van der Waals surface area contributed by atoms with Crippen molar-refractivity contribution in [1.82, 2.24) is 0 Å². The van der Waals surface area contributed by atoms with Gasteiger partial charge >= 0.3 is 0 Å². The molecule has 0 aliphatic heterocycles. The average molecular weight is 453 g/mol. The number of nitrogens with one attached hydrogen (secondary N) is 3. The van der Waals surface area contributed by atoms with E-state index in [2.05, 4.69) is 16.0 Å². The first-order valence-electron chi connectivity index (χ1n) is 10.4. The zero-order chi connectivity index (χ0) is 23.9. The van der Waals surface area contributed by atoms with Crippen molar-refractivity contribution in [3.63, 3.8) is 0 Å². The summed E-state index contributed by atoms with van der Waals surface area (Å²) in [6.45, 7) is 0. The molecule has 0 spiro atoms. The Hall–Kier alpha value is -4.78. The summed E-state index contributed by atoms with van der Waals surface area (Å²) in [6, 6.07) is 27.2. The highest BCUT2D eigenvalue weighted by atomic mass is 19.1. The SMILES string of the molecule is O=C(Nc1ccc(C(=O)Nc2ccccc2C(=O)Nc2ccc(F)cc2)cc1)c1ccccc1. The summed E-state index contributed by atoms with van der Waals surface area (Å²) in [4.78, 5) is 37.7. The Morgan fingerprint density at radius 3 is 1.68 bits per heavy atom. The number of amides is 3. The van der Waals surface area contributed by atoms with E-state index in [1.165, 1.54) is 24.3 Å². The van der Waals surface area contributed by atoms with Crippen molar-refractivity contribution >= 4 is 34.8 Å². The quantitative estimate of drug-likeness (QED) is 0.356. The monoisotopic (exact) mass is 453 g/mol. The second-order valence-corrected chi connectivity index (χ2v) is 7.36. The van der Waals surface area contributed by atoms with Crippen molar-refractivity contribution in [1.29, 1.82) is 0 Å². The van der Waals surface area contributed by atoms with E-state index in [0.29, 0.717) is 28.2 Å². The van der Waals surface area contributed by atoms with E-state index >= 15 is 0 Å². The number of anilines is 3. The third kappa shape index (κ3) is 5.52. The summed E-state index contributed by atoms with van der Waals surface area (Å²) < 4.78 is 13.1. The smallest absolute Gasteiger partial charge is 0.257 e. The van der Waals surface area contributed by atoms with Crippen LogP contribution in [-0.2, 0) is 0 Å². The molecule has 6 nitrogen and oxygen atoms in total. The molecule has 3 N–H and O–H groups in total. The Bertz CT molecular complexity index is 1320. The molecule has 0 bridgehead atoms. The lowest BCUT2D eigenvalue weighted by molar-refractivity contribution is 0.101. The number of carbonyl (C=O) groups excluding carboxylic acids is 3. The molecule has 0 aliphatic rings. The summed E-state index contributed by atoms with van der Waals surface area (Å²) in [5.41, 5.74) is 2.44. The first-order valence-corrected chi connectivity index (χ1v) is 10.4. The third-order valence-corrected chi connectivity index (χ3v) is 4.96. The van der Waals surface area contributed by atoms with Crippen LogP contribution in [0.25, 0.3) is 0 Å². The molecular weight excluding hydrogens is 433 g/mol. The van der Waals surface area contributed by atoms with Gasteiger partial charge in [0.1, 0.15) is 5.82 Å². The van der Waals surface area contributed by atoms with Crippen LogP contribution in [0.2, 0.25) is 0 Å². The Morgan fingerprint density at radius 1 is 0.500 bits per heavy atom. The number of hydrogen-bond acceptors (Lipinski definition) is 3. The maximum absolute atomic E-state index is 13.1. The minimum Gasteiger partial charge on any atom is -0.322 e. The van der Waals surface area contributed by atoms with Crippen molar-refractivity contribution in [2.75, 3.05) is 16.0 Å². The van der Waals surface area contributed by atoms with Crippen LogP contribution < -0.4 is 16.0 Å². The predicted molar refractivity (Wildman–Crippen MR) is 130 cm³/mol. The van der Waals surface area contributed by atoms with Gasteiger partial charge in [0.2, 0.25) is 0 Å². The summed E-state index contributed by atoms with van der Waals surface area (Å²) in [5, 5.41) is 8.20. The zero-order valence-electron chi connectivity index (χ0n) is 17.9. The van der Waals surface area contributed by atoms with Crippen LogP contribution in [-0.4, -0.2) is 17.7 Å². The van der Waals surface area contributed by atoms with E-state index in [1.807, 2.05) is 6.07 Å². The molecule has 4 aromatic carbocycles. The van der Waals surface area contributed by atoms with Crippen molar-refractivity contribution in [2.45, 2.75) is 0 Å². The summed E-state index contributed by atoms with van der Waals surface area (Å²) >= 11 is 0. The van der Waals surface area contributed by atoms with Gasteiger partial charge in [-0.25, -0.2) is 4.39 Å². The van der Waals surface area contributed by atoms with Crippen LogP contribution >= 0.6 is 0 Å². The maximum Gasteiger partial charge on any atom is 0.257 e. The summed E-state index contributed by atoms with van der Waals surface area (Å²) in [5.74, 6) is -1.51. The van der Waals surface area contributed by atoms with Crippen LogP contribution in [0.3, 0.4) is 0 Å². The number of hydrogen-bond donors (Lipinski definition) is 3. The van der Waals surface area contributed by atoms with Gasteiger partial charge in [0.15, 0.2) is 0 Å². The van der Waals surface area contributed by atoms with Gasteiger partial charge in [-0.3, -0.25) is 14.4 Å². The first-order chi connectivity index (χ1) is 16.5. The number of halogens is 1. The Kier molecular flexibility index (Phi) is 6.74. The van der Waals surface area contributed by atoms with Crippen LogP contribution in [0.1, 0.15) is 31.1 Å². The van der Waals surface area contributed by atoms with Crippen LogP contribution in [0.15, 0.2) is 103 Å². The van der Waals surface area contributed by atoms with Gasteiger partial charge < -0.3 is 16.0 Å². The molecule has 7 heteroatoms. The molecule has 0 aromatic heterocycles. The molecule has 34 heavy (non-hydrogen) atoms. The largest absolute Gasteiger partial charge is 0.322 e. The molecule has 0 radical (unpaired) electrons. The van der Waals surface area contributed by atoms with Crippen LogP contribution in [0.4, 0.5) is 21.5 Å². The molecule has 0 heterocycles. The molecule has 0 atom stereocenters. The Morgan fingerprint density at radius 2 is 1.00 bits per heavy atom. The highest BCUT2D eigenvalue weighted by molar-refractivity contribution is 6.12. The minimum absolute atomic E-state index is 0.251. The lowest BCUT2D eigenvalue weighted by atomic mass is 10.1. The summed E-state index contributed by atoms with van der Waals surface area (Å²) in [6.07, 6.45) is 0. The van der Waals surface area contributed by atoms with Gasteiger partial charge in [-0.2, -0.15) is 0 Å². The van der Waals surface area contributed by atoms with Gasteiger partial charge in [-0.05, 0) is 72.8 Å². The highest BCUT2D eigenvalue weighted by Crippen LogP contribution is 2.19. The molecule has 0 saturated heterocycles. The fraction of sp³-hybridized carbons (Fsp3) is 0. The van der Waals surface area contributed by atoms with Gasteiger partial charge in [-0.1, -0.05) is 30.3 Å². The number of carbonyl (C=O) groups is 3. The number of benzene rings is 4. The lowest BCUT2D eigenvalue weighted by Gasteiger charge is -2.12. The van der Waals surface area contributed by atoms with Gasteiger partial charge in [0, 0.05) is 22.5 Å². The standard InChI is InChI=1S/C27H20FN3O3/c28-20-12-16-22(17-13-20)30-27(34)23-8-4-5-9-24(23)31-26(33)19-10-14-21(15-11-19)29-25(32)18-6-2-1-3-7-18/h1-17H,(H,29,32)(H,30,34)(H,31,33). The van der Waals surface area contributed by atoms with E-state index in [1.54, 1.807) is 72.8 Å². The minimum atomic E-state index is -0.443. The Labute approximate surface area is 195 Å². The van der Waals surface area contributed by atoms with Crippen LogP contribution in [0.5, 0.6) is 0 Å².